The van der Waals surface area contributed by atoms with E-state index in [2.05, 4.69) is 18.6 Å². The second-order valence-corrected chi connectivity index (χ2v) is 10.3. The molecule has 2 aromatic carbocycles. The van der Waals surface area contributed by atoms with E-state index in [0.717, 1.165) is 47.3 Å². The maximum atomic E-state index is 14.0. The van der Waals surface area contributed by atoms with Crippen molar-refractivity contribution in [3.8, 4) is 11.4 Å². The lowest BCUT2D eigenvalue weighted by Crippen LogP contribution is -2.27. The van der Waals surface area contributed by atoms with Gasteiger partial charge < -0.3 is 9.67 Å². The molecule has 1 aliphatic rings. The van der Waals surface area contributed by atoms with E-state index >= 15 is 0 Å². The summed E-state index contributed by atoms with van der Waals surface area (Å²) in [5.74, 6) is -1.26. The second-order valence-electron chi connectivity index (χ2n) is 8.69. The van der Waals surface area contributed by atoms with Crippen molar-refractivity contribution in [3.05, 3.63) is 71.3 Å². The fourth-order valence-electron chi connectivity index (χ4n) is 4.11. The highest BCUT2D eigenvalue weighted by Crippen LogP contribution is 2.37. The minimum absolute atomic E-state index is 0.129. The van der Waals surface area contributed by atoms with E-state index < -0.39 is 20.7 Å². The first kappa shape index (κ1) is 21.1. The summed E-state index contributed by atoms with van der Waals surface area (Å²) in [7, 11) is -4.16. The van der Waals surface area contributed by atoms with Gasteiger partial charge in [-0.15, -0.1) is 0 Å². The van der Waals surface area contributed by atoms with Crippen LogP contribution in [0.5, 0.6) is 5.75 Å². The van der Waals surface area contributed by atoms with Gasteiger partial charge in [0, 0.05) is 40.8 Å². The van der Waals surface area contributed by atoms with E-state index in [4.69, 9.17) is 0 Å². The molecule has 0 aliphatic heterocycles. The van der Waals surface area contributed by atoms with Gasteiger partial charge in [0.1, 0.15) is 16.5 Å². The van der Waals surface area contributed by atoms with Gasteiger partial charge in [-0.2, -0.15) is 0 Å². The molecule has 0 saturated carbocycles. The van der Waals surface area contributed by atoms with Crippen LogP contribution in [-0.4, -0.2) is 23.9 Å². The third kappa shape index (κ3) is 3.95. The molecule has 0 amide bonds. The smallest absolute Gasteiger partial charge is 0.264 e. The molecule has 6 nitrogen and oxygen atoms in total. The third-order valence-corrected chi connectivity index (χ3v) is 6.87. The molecule has 8 heteroatoms. The molecule has 4 rings (SSSR count). The Morgan fingerprint density at radius 2 is 1.74 bits per heavy atom. The quantitative estimate of drug-likeness (QED) is 0.619. The van der Waals surface area contributed by atoms with Gasteiger partial charge in [-0.05, 0) is 61.2 Å². The average Bonchev–Trinajstić information content (AvgIpc) is 2.97. The number of carbonyl (C=O) groups is 1. The Labute approximate surface area is 180 Å². The molecule has 0 bridgehead atoms. The second kappa shape index (κ2) is 7.23. The fraction of sp³-hybridized carbons (Fsp3) is 0.261. The van der Waals surface area contributed by atoms with Crippen molar-refractivity contribution < 1.29 is 22.7 Å². The first-order chi connectivity index (χ1) is 14.5. The number of phenolic OH excluding ortho intramolecular Hbond substituents is 1. The van der Waals surface area contributed by atoms with E-state index in [0.29, 0.717) is 6.42 Å². The van der Waals surface area contributed by atoms with Gasteiger partial charge in [-0.3, -0.25) is 9.52 Å². The molecule has 0 saturated heterocycles. The molecule has 0 atom stereocenters. The maximum absolute atomic E-state index is 14.0. The number of anilines is 1. The molecule has 2 N–H and O–H groups in total. The van der Waals surface area contributed by atoms with Crippen LogP contribution < -0.4 is 4.72 Å². The van der Waals surface area contributed by atoms with Gasteiger partial charge in [0.25, 0.3) is 10.0 Å². The highest BCUT2D eigenvalue weighted by Gasteiger charge is 2.34. The highest BCUT2D eigenvalue weighted by atomic mass is 32.2. The number of ketones is 1. The van der Waals surface area contributed by atoms with E-state index in [1.807, 2.05) is 17.6 Å². The lowest BCUT2D eigenvalue weighted by molar-refractivity contribution is 0.0911. The number of carbonyl (C=O) groups excluding carboxylic acids is 1. The summed E-state index contributed by atoms with van der Waals surface area (Å²) in [6.45, 7) is 6.07. The Morgan fingerprint density at radius 1 is 1.06 bits per heavy atom. The van der Waals surface area contributed by atoms with Gasteiger partial charge >= 0.3 is 0 Å². The van der Waals surface area contributed by atoms with Crippen LogP contribution in [0.15, 0.2) is 53.4 Å². The van der Waals surface area contributed by atoms with Gasteiger partial charge in [0.2, 0.25) is 0 Å². The molecule has 162 valence electrons. The summed E-state index contributed by atoms with van der Waals surface area (Å²) < 4.78 is 43.4. The maximum Gasteiger partial charge on any atom is 0.264 e. The summed E-state index contributed by atoms with van der Waals surface area (Å²) >= 11 is 0. The van der Waals surface area contributed by atoms with Crippen molar-refractivity contribution in [2.24, 2.45) is 5.41 Å². The Morgan fingerprint density at radius 3 is 2.39 bits per heavy atom. The Kier molecular flexibility index (Phi) is 4.93. The van der Waals surface area contributed by atoms with Gasteiger partial charge in [-0.1, -0.05) is 13.8 Å². The lowest BCUT2D eigenvalue weighted by atomic mass is 9.76. The predicted molar refractivity (Wildman–Crippen MR) is 116 cm³/mol. The molecule has 0 radical (unpaired) electrons. The molecule has 0 unspecified atom stereocenters. The first-order valence-corrected chi connectivity index (χ1v) is 11.3. The zero-order valence-electron chi connectivity index (χ0n) is 17.4. The fourth-order valence-corrected chi connectivity index (χ4v) is 5.23. The van der Waals surface area contributed by atoms with Crippen LogP contribution in [0.3, 0.4) is 0 Å². The van der Waals surface area contributed by atoms with Crippen LogP contribution in [0.1, 0.15) is 42.0 Å². The number of benzene rings is 2. The van der Waals surface area contributed by atoms with Crippen LogP contribution in [-0.2, 0) is 16.4 Å². The summed E-state index contributed by atoms with van der Waals surface area (Å²) in [5, 5.41) is 9.29. The number of nitrogens with one attached hydrogen (secondary N) is 1. The number of hydrogen-bond acceptors (Lipinski definition) is 4. The number of aryl methyl sites for hydroxylation is 1. The number of halogens is 1. The lowest BCUT2D eigenvalue weighted by Gasteiger charge is -2.30. The summed E-state index contributed by atoms with van der Waals surface area (Å²) in [5.41, 5.74) is 3.57. The van der Waals surface area contributed by atoms with Crippen LogP contribution in [0.4, 0.5) is 10.1 Å². The Hall–Kier alpha value is -3.13. The van der Waals surface area contributed by atoms with Gasteiger partial charge in [0.05, 0.1) is 0 Å². The predicted octanol–water partition coefficient (Wildman–Crippen LogP) is 4.59. The standard InChI is InChI=1S/C23H23FN2O4S/c1-14-10-18-20(12-23(2,3)13-21(18)28)26(14)16-6-4-15(5-7-16)25-31(29,30)22-9-8-17(27)11-19(22)24/h4-11,25,27H,12-13H2,1-3H3. The highest BCUT2D eigenvalue weighted by molar-refractivity contribution is 7.92. The number of aromatic nitrogens is 1. The number of nitrogens with zero attached hydrogens (tertiary/aromatic N) is 1. The van der Waals surface area contributed by atoms with E-state index in [1.165, 1.54) is 0 Å². The van der Waals surface area contributed by atoms with Crippen LogP contribution in [0, 0.1) is 18.2 Å². The summed E-state index contributed by atoms with van der Waals surface area (Å²) in [6, 6.07) is 11.5. The van der Waals surface area contributed by atoms with Gasteiger partial charge in [-0.25, -0.2) is 12.8 Å². The van der Waals surface area contributed by atoms with Crippen LogP contribution in [0.2, 0.25) is 0 Å². The van der Waals surface area contributed by atoms with Crippen molar-refractivity contribution in [1.29, 1.82) is 0 Å². The van der Waals surface area contributed by atoms with E-state index in [1.54, 1.807) is 24.3 Å². The number of phenols is 1. The largest absolute Gasteiger partial charge is 0.508 e. The summed E-state index contributed by atoms with van der Waals surface area (Å²) in [4.78, 5) is 12.0. The van der Waals surface area contributed by atoms with E-state index in [-0.39, 0.29) is 22.6 Å². The van der Waals surface area contributed by atoms with Crippen molar-refractivity contribution in [3.63, 3.8) is 0 Å². The van der Waals surface area contributed by atoms with Crippen LogP contribution in [0.25, 0.3) is 5.69 Å². The van der Waals surface area contributed by atoms with Gasteiger partial charge in [0.15, 0.2) is 5.78 Å². The molecular formula is C23H23FN2O4S. The number of hydrogen-bond donors (Lipinski definition) is 2. The molecule has 1 heterocycles. The Bertz CT molecular complexity index is 1290. The van der Waals surface area contributed by atoms with Crippen molar-refractivity contribution in [1.82, 2.24) is 4.57 Å². The topological polar surface area (TPSA) is 88.4 Å². The molecule has 0 fully saturated rings. The average molecular weight is 443 g/mol. The number of aromatic hydroxyl groups is 1. The van der Waals surface area contributed by atoms with Crippen molar-refractivity contribution in [2.75, 3.05) is 4.72 Å². The molecule has 0 spiro atoms. The minimum atomic E-state index is -4.16. The zero-order chi connectivity index (χ0) is 22.6. The Balaban J connectivity index is 1.65. The van der Waals surface area contributed by atoms with E-state index in [9.17, 15) is 22.7 Å². The molecule has 31 heavy (non-hydrogen) atoms. The number of sulfonamides is 1. The first-order valence-electron chi connectivity index (χ1n) is 9.83. The summed E-state index contributed by atoms with van der Waals surface area (Å²) in [6.07, 6.45) is 1.27. The van der Waals surface area contributed by atoms with Crippen molar-refractivity contribution in [2.45, 2.75) is 38.5 Å². The monoisotopic (exact) mass is 442 g/mol. The third-order valence-electron chi connectivity index (χ3n) is 5.45. The number of rotatable bonds is 4. The zero-order valence-corrected chi connectivity index (χ0v) is 18.3. The molecule has 1 aliphatic carbocycles. The normalized spacial score (nSPS) is 15.5. The molecule has 1 aromatic heterocycles. The molecular weight excluding hydrogens is 419 g/mol. The SMILES string of the molecule is Cc1cc2c(n1-c1ccc(NS(=O)(=O)c3ccc(O)cc3F)cc1)CC(C)(C)CC2=O. The number of Topliss-reactive ketones (excluding diaryl/α,β-unsaturated/α-hetero) is 1. The van der Waals surface area contributed by atoms with Crippen LogP contribution >= 0.6 is 0 Å². The minimum Gasteiger partial charge on any atom is -0.508 e. The molecule has 3 aromatic rings. The van der Waals surface area contributed by atoms with Crippen molar-refractivity contribution >= 4 is 21.5 Å². The number of fused-ring (bicyclic) bond motifs is 1.